The summed E-state index contributed by atoms with van der Waals surface area (Å²) in [6, 6.07) is 0. The molecule has 16 heavy (non-hydrogen) atoms. The van der Waals surface area contributed by atoms with E-state index in [2.05, 4.69) is 30.6 Å². The Morgan fingerprint density at radius 2 is 1.75 bits per heavy atom. The van der Waals surface area contributed by atoms with Gasteiger partial charge in [-0.1, -0.05) is 0 Å². The second-order valence-corrected chi connectivity index (χ2v) is 3.48. The molecule has 0 bridgehead atoms. The lowest BCUT2D eigenvalue weighted by atomic mass is 10.3. The van der Waals surface area contributed by atoms with Gasteiger partial charge in [0.15, 0.2) is 6.61 Å². The van der Waals surface area contributed by atoms with E-state index in [4.69, 9.17) is 0 Å². The number of hydrogen-bond acceptors (Lipinski definition) is 3. The van der Waals surface area contributed by atoms with Crippen LogP contribution >= 0.6 is 15.9 Å². The quantitative estimate of drug-likeness (QED) is 0.806. The molecule has 0 saturated carbocycles. The van der Waals surface area contributed by atoms with Gasteiger partial charge in [-0.15, -0.1) is 0 Å². The maximum absolute atomic E-state index is 12.4. The average molecular weight is 307 g/mol. The van der Waals surface area contributed by atoms with Gasteiger partial charge in [0.2, 0.25) is 5.88 Å². The van der Waals surface area contributed by atoms with Gasteiger partial charge in [0.25, 0.3) is 0 Å². The Kier molecular flexibility index (Phi) is 3.66. The predicted octanol–water partition coefficient (Wildman–Crippen LogP) is 2.82. The summed E-state index contributed by atoms with van der Waals surface area (Å²) < 4.78 is 64.5. The van der Waals surface area contributed by atoms with E-state index in [1.165, 1.54) is 0 Å². The van der Waals surface area contributed by atoms with Crippen molar-refractivity contribution in [3.8, 4) is 5.88 Å². The molecule has 0 saturated heterocycles. The van der Waals surface area contributed by atoms with E-state index < -0.39 is 24.6 Å². The summed E-state index contributed by atoms with van der Waals surface area (Å²) in [5.74, 6) is -5.32. The van der Waals surface area contributed by atoms with Crippen LogP contribution in [0.1, 0.15) is 0 Å². The van der Waals surface area contributed by atoms with Crippen molar-refractivity contribution in [2.45, 2.75) is 12.1 Å². The van der Waals surface area contributed by atoms with Crippen LogP contribution in [0.4, 0.5) is 22.0 Å². The largest absolute Gasteiger partial charge is 0.470 e. The van der Waals surface area contributed by atoms with Gasteiger partial charge in [-0.3, -0.25) is 0 Å². The molecular weight excluding hydrogens is 303 g/mol. The zero-order valence-electron chi connectivity index (χ0n) is 7.43. The molecule has 0 aliphatic rings. The predicted molar refractivity (Wildman–Crippen MR) is 46.2 cm³/mol. The SMILES string of the molecule is FC(F)(F)C(F)(F)COc1cnc(Br)cn1. The van der Waals surface area contributed by atoms with E-state index in [1.807, 2.05) is 0 Å². The molecule has 0 amide bonds. The first kappa shape index (κ1) is 13.1. The normalized spacial score (nSPS) is 12.6. The number of ether oxygens (including phenoxy) is 1. The molecule has 9 heteroatoms. The van der Waals surface area contributed by atoms with Crippen molar-refractivity contribution in [3.05, 3.63) is 17.0 Å². The zero-order valence-corrected chi connectivity index (χ0v) is 9.02. The number of nitrogens with zero attached hydrogens (tertiary/aromatic N) is 2. The fraction of sp³-hybridized carbons (Fsp3) is 0.429. The summed E-state index contributed by atoms with van der Waals surface area (Å²) in [5, 5.41) is 0. The Morgan fingerprint density at radius 3 is 2.19 bits per heavy atom. The summed E-state index contributed by atoms with van der Waals surface area (Å²) in [6.07, 6.45) is -3.60. The van der Waals surface area contributed by atoms with Crippen molar-refractivity contribution < 1.29 is 26.7 Å². The Hall–Kier alpha value is -0.990. The molecule has 0 N–H and O–H groups in total. The highest BCUT2D eigenvalue weighted by Gasteiger charge is 2.58. The minimum absolute atomic E-state index is 0.308. The van der Waals surface area contributed by atoms with Crippen LogP contribution in [-0.4, -0.2) is 28.7 Å². The molecule has 0 atom stereocenters. The van der Waals surface area contributed by atoms with Gasteiger partial charge in [-0.25, -0.2) is 9.97 Å². The summed E-state index contributed by atoms with van der Waals surface area (Å²) in [5.41, 5.74) is 0. The van der Waals surface area contributed by atoms with Gasteiger partial charge in [-0.2, -0.15) is 22.0 Å². The van der Waals surface area contributed by atoms with Crippen LogP contribution in [-0.2, 0) is 0 Å². The molecule has 3 nitrogen and oxygen atoms in total. The van der Waals surface area contributed by atoms with E-state index in [0.717, 1.165) is 12.4 Å². The van der Waals surface area contributed by atoms with Crippen molar-refractivity contribution in [3.63, 3.8) is 0 Å². The molecule has 1 rings (SSSR count). The minimum atomic E-state index is -5.64. The van der Waals surface area contributed by atoms with Crippen molar-refractivity contribution in [2.75, 3.05) is 6.61 Å². The number of hydrogen-bond donors (Lipinski definition) is 0. The second kappa shape index (κ2) is 4.48. The Morgan fingerprint density at radius 1 is 1.12 bits per heavy atom. The lowest BCUT2D eigenvalue weighted by Gasteiger charge is -2.19. The highest BCUT2D eigenvalue weighted by Crippen LogP contribution is 2.35. The van der Waals surface area contributed by atoms with Crippen LogP contribution in [0.2, 0.25) is 0 Å². The molecule has 0 unspecified atom stereocenters. The lowest BCUT2D eigenvalue weighted by Crippen LogP contribution is -2.41. The van der Waals surface area contributed by atoms with E-state index in [1.54, 1.807) is 0 Å². The topological polar surface area (TPSA) is 35.0 Å². The van der Waals surface area contributed by atoms with Crippen molar-refractivity contribution in [2.24, 2.45) is 0 Å². The van der Waals surface area contributed by atoms with Crippen LogP contribution in [0.25, 0.3) is 0 Å². The maximum Gasteiger partial charge on any atom is 0.456 e. The van der Waals surface area contributed by atoms with Gasteiger partial charge in [0, 0.05) is 0 Å². The molecule has 0 spiro atoms. The highest BCUT2D eigenvalue weighted by atomic mass is 79.9. The number of halogens is 6. The summed E-state index contributed by atoms with van der Waals surface area (Å²) in [7, 11) is 0. The average Bonchev–Trinajstić information content (AvgIpc) is 2.15. The molecule has 1 aromatic rings. The summed E-state index contributed by atoms with van der Waals surface area (Å²) in [4.78, 5) is 6.98. The molecule has 0 radical (unpaired) electrons. The van der Waals surface area contributed by atoms with Crippen LogP contribution in [0, 0.1) is 0 Å². The van der Waals surface area contributed by atoms with Gasteiger partial charge < -0.3 is 4.74 Å². The van der Waals surface area contributed by atoms with Gasteiger partial charge in [0.1, 0.15) is 4.60 Å². The Labute approximate surface area is 94.8 Å². The summed E-state index contributed by atoms with van der Waals surface area (Å²) in [6.45, 7) is -1.83. The maximum atomic E-state index is 12.4. The highest BCUT2D eigenvalue weighted by molar-refractivity contribution is 9.10. The molecule has 0 aromatic carbocycles. The first-order valence-electron chi connectivity index (χ1n) is 3.77. The van der Waals surface area contributed by atoms with Gasteiger partial charge in [-0.05, 0) is 15.9 Å². The standard InChI is InChI=1S/C7H4BrF5N2O/c8-4-1-15-5(2-14-4)16-3-6(9,10)7(11,12)13/h1-2H,3H2. The third kappa shape index (κ3) is 3.26. The number of aromatic nitrogens is 2. The van der Waals surface area contributed by atoms with E-state index in [-0.39, 0.29) is 0 Å². The van der Waals surface area contributed by atoms with Crippen molar-refractivity contribution in [1.29, 1.82) is 0 Å². The van der Waals surface area contributed by atoms with E-state index in [9.17, 15) is 22.0 Å². The smallest absolute Gasteiger partial charge is 0.456 e. The third-order valence-corrected chi connectivity index (χ3v) is 1.82. The molecule has 1 heterocycles. The van der Waals surface area contributed by atoms with Crippen LogP contribution in [0.3, 0.4) is 0 Å². The van der Waals surface area contributed by atoms with Crippen molar-refractivity contribution >= 4 is 15.9 Å². The van der Waals surface area contributed by atoms with E-state index >= 15 is 0 Å². The fourth-order valence-electron chi connectivity index (χ4n) is 0.621. The van der Waals surface area contributed by atoms with Gasteiger partial charge in [0.05, 0.1) is 12.4 Å². The van der Waals surface area contributed by atoms with Crippen LogP contribution in [0.15, 0.2) is 17.0 Å². The minimum Gasteiger partial charge on any atom is -0.470 e. The first-order chi connectivity index (χ1) is 7.22. The molecule has 1 aromatic heterocycles. The molecule has 90 valence electrons. The molecular formula is C7H4BrF5N2O. The van der Waals surface area contributed by atoms with Crippen LogP contribution < -0.4 is 4.74 Å². The lowest BCUT2D eigenvalue weighted by molar-refractivity contribution is -0.290. The Balaban J connectivity index is 2.61. The second-order valence-electron chi connectivity index (χ2n) is 2.67. The number of rotatable bonds is 3. The molecule has 0 aliphatic carbocycles. The third-order valence-electron chi connectivity index (χ3n) is 1.41. The summed E-state index contributed by atoms with van der Waals surface area (Å²) >= 11 is 2.91. The van der Waals surface area contributed by atoms with Crippen LogP contribution in [0.5, 0.6) is 5.88 Å². The monoisotopic (exact) mass is 306 g/mol. The zero-order chi connectivity index (χ0) is 12.4. The Bertz CT molecular complexity index is 353. The molecule has 0 fully saturated rings. The number of alkyl halides is 5. The fourth-order valence-corrected chi connectivity index (χ4v) is 0.826. The van der Waals surface area contributed by atoms with Gasteiger partial charge >= 0.3 is 12.1 Å². The molecule has 0 aliphatic heterocycles. The first-order valence-corrected chi connectivity index (χ1v) is 4.56. The van der Waals surface area contributed by atoms with Crippen molar-refractivity contribution in [1.82, 2.24) is 9.97 Å². The van der Waals surface area contributed by atoms with E-state index in [0.29, 0.717) is 4.60 Å².